The van der Waals surface area contributed by atoms with E-state index in [1.54, 1.807) is 0 Å². The molecule has 1 saturated heterocycles. The highest BCUT2D eigenvalue weighted by Crippen LogP contribution is 2.69. The van der Waals surface area contributed by atoms with E-state index in [-0.39, 0.29) is 0 Å². The molecule has 2 N–H and O–H groups in total. The predicted molar refractivity (Wildman–Crippen MR) is 141 cm³/mol. The van der Waals surface area contributed by atoms with Crippen LogP contribution < -0.4 is 0 Å². The topological polar surface area (TPSA) is 49.7 Å². The van der Waals surface area contributed by atoms with Crippen LogP contribution >= 0.6 is 0 Å². The average Bonchev–Trinajstić information content (AvgIpc) is 3.15. The monoisotopic (exact) mass is 486 g/mol. The summed E-state index contributed by atoms with van der Waals surface area (Å²) < 4.78 is 5.50. The van der Waals surface area contributed by atoms with E-state index in [1.165, 1.54) is 64.2 Å². The van der Waals surface area contributed by atoms with Gasteiger partial charge >= 0.3 is 0 Å². The van der Waals surface area contributed by atoms with Gasteiger partial charge in [-0.25, -0.2) is 0 Å². The van der Waals surface area contributed by atoms with Gasteiger partial charge in [-0.1, -0.05) is 20.8 Å². The first-order valence-electron chi connectivity index (χ1n) is 15.5. The molecule has 1 heterocycles. The molecule has 6 fully saturated rings. The largest absolute Gasteiger partial charge is 0.390 e. The maximum atomic E-state index is 11.4. The fourth-order valence-electron chi connectivity index (χ4n) is 11.3. The van der Waals surface area contributed by atoms with E-state index >= 15 is 0 Å². The van der Waals surface area contributed by atoms with Crippen LogP contribution in [0.25, 0.3) is 0 Å². The third-order valence-electron chi connectivity index (χ3n) is 13.8. The molecule has 3 nitrogen and oxygen atoms in total. The van der Waals surface area contributed by atoms with Crippen molar-refractivity contribution >= 4 is 0 Å². The summed E-state index contributed by atoms with van der Waals surface area (Å²) >= 11 is 0. The van der Waals surface area contributed by atoms with Crippen LogP contribution in [-0.4, -0.2) is 34.6 Å². The summed E-state index contributed by atoms with van der Waals surface area (Å²) in [6, 6.07) is 0. The van der Waals surface area contributed by atoms with Gasteiger partial charge in [-0.3, -0.25) is 0 Å². The zero-order valence-electron chi connectivity index (χ0n) is 23.3. The Morgan fingerprint density at radius 1 is 0.771 bits per heavy atom. The number of hydrogen-bond donors (Lipinski definition) is 2. The second kappa shape index (κ2) is 8.44. The van der Waals surface area contributed by atoms with E-state index < -0.39 is 11.2 Å². The van der Waals surface area contributed by atoms with E-state index in [0.717, 1.165) is 80.8 Å². The van der Waals surface area contributed by atoms with E-state index in [9.17, 15) is 10.2 Å². The number of rotatable bonds is 4. The third-order valence-corrected chi connectivity index (χ3v) is 13.8. The van der Waals surface area contributed by atoms with Crippen LogP contribution in [0.15, 0.2) is 0 Å². The Morgan fingerprint density at radius 2 is 1.49 bits per heavy atom. The molecule has 35 heavy (non-hydrogen) atoms. The molecule has 0 aromatic heterocycles. The van der Waals surface area contributed by atoms with Gasteiger partial charge in [0.15, 0.2) is 0 Å². The molecule has 1 aliphatic heterocycles. The smallest absolute Gasteiger partial charge is 0.0648 e. The molecule has 6 rings (SSSR count). The highest BCUT2D eigenvalue weighted by atomic mass is 16.5. The number of fused-ring (bicyclic) bond motifs is 5. The van der Waals surface area contributed by atoms with Gasteiger partial charge in [-0.15, -0.1) is 0 Å². The van der Waals surface area contributed by atoms with Crippen molar-refractivity contribution in [3.63, 3.8) is 0 Å². The average molecular weight is 487 g/mol. The van der Waals surface area contributed by atoms with Gasteiger partial charge in [0.25, 0.3) is 0 Å². The van der Waals surface area contributed by atoms with Crippen LogP contribution in [0.2, 0.25) is 0 Å². The second-order valence-electron chi connectivity index (χ2n) is 15.8. The molecule has 0 bridgehead atoms. The van der Waals surface area contributed by atoms with Crippen molar-refractivity contribution in [2.75, 3.05) is 13.2 Å². The van der Waals surface area contributed by atoms with Crippen LogP contribution in [0.5, 0.6) is 0 Å². The van der Waals surface area contributed by atoms with Gasteiger partial charge in [0, 0.05) is 5.41 Å². The molecule has 0 radical (unpaired) electrons. The Bertz CT molecular complexity index is 791. The van der Waals surface area contributed by atoms with Crippen LogP contribution in [0.3, 0.4) is 0 Å². The second-order valence-corrected chi connectivity index (χ2v) is 15.8. The van der Waals surface area contributed by atoms with Crippen molar-refractivity contribution < 1.29 is 14.9 Å². The minimum Gasteiger partial charge on any atom is -0.390 e. The first kappa shape index (κ1) is 25.2. The maximum absolute atomic E-state index is 11.4. The van der Waals surface area contributed by atoms with Crippen molar-refractivity contribution in [1.29, 1.82) is 0 Å². The molecule has 200 valence electrons. The lowest BCUT2D eigenvalue weighted by Gasteiger charge is -2.62. The fourth-order valence-corrected chi connectivity index (χ4v) is 11.3. The lowest BCUT2D eigenvalue weighted by Crippen LogP contribution is -2.55. The van der Waals surface area contributed by atoms with E-state index in [4.69, 9.17) is 4.74 Å². The third kappa shape index (κ3) is 4.08. The summed E-state index contributed by atoms with van der Waals surface area (Å²) in [7, 11) is 0. The number of hydrogen-bond acceptors (Lipinski definition) is 3. The predicted octanol–water partition coefficient (Wildman–Crippen LogP) is 7.13. The Labute approximate surface area is 215 Å². The molecular formula is C32H54O3. The summed E-state index contributed by atoms with van der Waals surface area (Å²) in [5, 5.41) is 22.2. The van der Waals surface area contributed by atoms with Crippen LogP contribution in [0.1, 0.15) is 124 Å². The van der Waals surface area contributed by atoms with Gasteiger partial charge < -0.3 is 14.9 Å². The van der Waals surface area contributed by atoms with Crippen molar-refractivity contribution in [3.8, 4) is 0 Å². The minimum atomic E-state index is -0.428. The molecule has 5 aliphatic carbocycles. The number of aliphatic hydroxyl groups is 2. The van der Waals surface area contributed by atoms with Crippen LogP contribution in [0.4, 0.5) is 0 Å². The van der Waals surface area contributed by atoms with E-state index in [1.807, 2.05) is 0 Å². The quantitative estimate of drug-likeness (QED) is 0.444. The summed E-state index contributed by atoms with van der Waals surface area (Å²) in [5.74, 6) is 5.00. The minimum absolute atomic E-state index is 0.416. The van der Waals surface area contributed by atoms with Crippen molar-refractivity contribution in [3.05, 3.63) is 0 Å². The Balaban J connectivity index is 1.09. The normalized spacial score (nSPS) is 51.1. The molecule has 3 heteroatoms. The highest BCUT2D eigenvalue weighted by Gasteiger charge is 2.61. The molecule has 6 aliphatic rings. The first-order chi connectivity index (χ1) is 16.5. The van der Waals surface area contributed by atoms with Crippen LogP contribution in [-0.2, 0) is 4.74 Å². The fraction of sp³-hybridized carbons (Fsp3) is 1.00. The Morgan fingerprint density at radius 3 is 2.17 bits per heavy atom. The lowest BCUT2D eigenvalue weighted by atomic mass is 9.43. The molecule has 9 atom stereocenters. The first-order valence-corrected chi connectivity index (χ1v) is 15.5. The summed E-state index contributed by atoms with van der Waals surface area (Å²) in [5.41, 5.74) is 0.547. The zero-order valence-corrected chi connectivity index (χ0v) is 23.3. The molecule has 0 unspecified atom stereocenters. The summed E-state index contributed by atoms with van der Waals surface area (Å²) in [6.07, 6.45) is 18.2. The van der Waals surface area contributed by atoms with Crippen molar-refractivity contribution in [2.45, 2.75) is 135 Å². The van der Waals surface area contributed by atoms with Crippen molar-refractivity contribution in [2.24, 2.45) is 51.8 Å². The molecule has 1 spiro atoms. The van der Waals surface area contributed by atoms with Crippen LogP contribution in [0, 0.1) is 51.8 Å². The van der Waals surface area contributed by atoms with E-state index in [2.05, 4.69) is 27.7 Å². The molecule has 0 amide bonds. The standard InChI is InChI=1S/C32H54O3/c1-22(9-12-32(34)17-15-31(16-18-32)20-35-21-31)25-7-8-26-24-6-5-23-19-28(2,33)13-14-29(23,3)27(24)10-11-30(25,26)4/h22-27,33-34H,5-21H2,1-4H3/t22-,23+,24+,25-,26+,27+,28+,29+,30-/m1/s1. The Hall–Kier alpha value is -0.120. The lowest BCUT2D eigenvalue weighted by molar-refractivity contribution is -0.161. The van der Waals surface area contributed by atoms with E-state index in [0.29, 0.717) is 16.2 Å². The number of ether oxygens (including phenoxy) is 1. The summed E-state index contributed by atoms with van der Waals surface area (Å²) in [6.45, 7) is 11.8. The molecule has 0 aromatic rings. The van der Waals surface area contributed by atoms with Gasteiger partial charge in [0.1, 0.15) is 0 Å². The van der Waals surface area contributed by atoms with Gasteiger partial charge in [0.2, 0.25) is 0 Å². The van der Waals surface area contributed by atoms with Gasteiger partial charge in [-0.05, 0) is 150 Å². The molecular weight excluding hydrogens is 432 g/mol. The summed E-state index contributed by atoms with van der Waals surface area (Å²) in [4.78, 5) is 0. The molecule has 5 saturated carbocycles. The zero-order chi connectivity index (χ0) is 24.7. The Kier molecular flexibility index (Phi) is 6.07. The maximum Gasteiger partial charge on any atom is 0.0648 e. The highest BCUT2D eigenvalue weighted by molar-refractivity contribution is 5.10. The molecule has 0 aromatic carbocycles. The van der Waals surface area contributed by atoms with Gasteiger partial charge in [0.05, 0.1) is 24.4 Å². The van der Waals surface area contributed by atoms with Crippen molar-refractivity contribution in [1.82, 2.24) is 0 Å². The van der Waals surface area contributed by atoms with Gasteiger partial charge in [-0.2, -0.15) is 0 Å². The SMILES string of the molecule is C[C@H](CCC1(O)CCC2(CC1)COC2)[C@H]1CC[C@H]2[C@@H]3CC[C@H]4C[C@@](C)(O)CC[C@]4(C)[C@H]3CC[C@]12C.